The standard InChI is InChI=1S/C10H14O/c1-5(11)8-9-6-2-3-7(4-6)10(8)9/h6-10H,2-4H2,1H3/t6-,7+,8?,9?,10?. The Balaban J connectivity index is 1.86. The second-order valence-corrected chi connectivity index (χ2v) is 4.62. The lowest BCUT2D eigenvalue weighted by Crippen LogP contribution is -2.05. The average molecular weight is 150 g/mol. The minimum atomic E-state index is 0.469. The number of fused-ring (bicyclic) bond motifs is 5. The van der Waals surface area contributed by atoms with Crippen molar-refractivity contribution in [1.82, 2.24) is 0 Å². The van der Waals surface area contributed by atoms with Crippen LogP contribution in [0.5, 0.6) is 0 Å². The normalized spacial score (nSPS) is 57.7. The van der Waals surface area contributed by atoms with E-state index in [0.29, 0.717) is 11.7 Å². The number of hydrogen-bond donors (Lipinski definition) is 0. The van der Waals surface area contributed by atoms with Gasteiger partial charge in [-0.05, 0) is 49.9 Å². The zero-order chi connectivity index (χ0) is 7.59. The fourth-order valence-electron chi connectivity index (χ4n) is 3.87. The van der Waals surface area contributed by atoms with Crippen molar-refractivity contribution in [3.63, 3.8) is 0 Å². The van der Waals surface area contributed by atoms with Crippen LogP contribution in [0.25, 0.3) is 0 Å². The monoisotopic (exact) mass is 150 g/mol. The maximum atomic E-state index is 11.1. The Morgan fingerprint density at radius 1 is 1.18 bits per heavy atom. The number of hydrogen-bond acceptors (Lipinski definition) is 1. The van der Waals surface area contributed by atoms with Crippen LogP contribution in [0.3, 0.4) is 0 Å². The number of Topliss-reactive ketones (excluding diaryl/α,β-unsaturated/α-hetero) is 1. The summed E-state index contributed by atoms with van der Waals surface area (Å²) in [6, 6.07) is 0. The highest BCUT2D eigenvalue weighted by atomic mass is 16.1. The van der Waals surface area contributed by atoms with Gasteiger partial charge in [0, 0.05) is 5.92 Å². The summed E-state index contributed by atoms with van der Waals surface area (Å²) in [6.45, 7) is 1.78. The second kappa shape index (κ2) is 1.70. The number of carbonyl (C=O) groups excluding carboxylic acids is 1. The molecule has 3 fully saturated rings. The molecule has 0 N–H and O–H groups in total. The Morgan fingerprint density at radius 2 is 1.73 bits per heavy atom. The Morgan fingerprint density at radius 3 is 2.18 bits per heavy atom. The Bertz CT molecular complexity index is 205. The van der Waals surface area contributed by atoms with E-state index in [0.717, 1.165) is 23.7 Å². The third kappa shape index (κ3) is 0.605. The molecule has 11 heavy (non-hydrogen) atoms. The van der Waals surface area contributed by atoms with Crippen molar-refractivity contribution >= 4 is 5.78 Å². The van der Waals surface area contributed by atoms with Crippen LogP contribution >= 0.6 is 0 Å². The molecule has 3 rings (SSSR count). The SMILES string of the molecule is CC(=O)C1C2C1[C@H]1CC[C@@H]2C1. The second-order valence-electron chi connectivity index (χ2n) is 4.62. The van der Waals surface area contributed by atoms with Crippen molar-refractivity contribution in [3.8, 4) is 0 Å². The van der Waals surface area contributed by atoms with Gasteiger partial charge in [-0.1, -0.05) is 0 Å². The van der Waals surface area contributed by atoms with Gasteiger partial charge in [0.2, 0.25) is 0 Å². The molecule has 0 spiro atoms. The van der Waals surface area contributed by atoms with Gasteiger partial charge >= 0.3 is 0 Å². The highest BCUT2D eigenvalue weighted by molar-refractivity contribution is 5.82. The molecule has 0 aromatic rings. The smallest absolute Gasteiger partial charge is 0.133 e. The largest absolute Gasteiger partial charge is 0.300 e. The number of ketones is 1. The summed E-state index contributed by atoms with van der Waals surface area (Å²) in [4.78, 5) is 11.1. The molecule has 3 unspecified atom stereocenters. The van der Waals surface area contributed by atoms with Gasteiger partial charge in [0.15, 0.2) is 0 Å². The zero-order valence-corrected chi connectivity index (χ0v) is 6.92. The van der Waals surface area contributed by atoms with Gasteiger partial charge in [0.05, 0.1) is 0 Å². The van der Waals surface area contributed by atoms with Crippen LogP contribution in [0.4, 0.5) is 0 Å². The molecule has 0 aromatic heterocycles. The molecular formula is C10H14O. The predicted octanol–water partition coefficient (Wildman–Crippen LogP) is 1.87. The minimum absolute atomic E-state index is 0.469. The molecule has 3 aliphatic rings. The molecule has 60 valence electrons. The molecule has 3 saturated carbocycles. The van der Waals surface area contributed by atoms with Crippen LogP contribution < -0.4 is 0 Å². The lowest BCUT2D eigenvalue weighted by Gasteiger charge is -2.04. The van der Waals surface area contributed by atoms with E-state index in [4.69, 9.17) is 0 Å². The van der Waals surface area contributed by atoms with Gasteiger partial charge in [-0.25, -0.2) is 0 Å². The van der Waals surface area contributed by atoms with Crippen LogP contribution in [-0.2, 0) is 4.79 Å². The van der Waals surface area contributed by atoms with Crippen LogP contribution in [0, 0.1) is 29.6 Å². The maximum absolute atomic E-state index is 11.1. The molecule has 1 nitrogen and oxygen atoms in total. The van der Waals surface area contributed by atoms with Crippen molar-refractivity contribution in [2.75, 3.05) is 0 Å². The molecule has 2 bridgehead atoms. The molecule has 0 amide bonds. The molecule has 0 saturated heterocycles. The van der Waals surface area contributed by atoms with Crippen LogP contribution in [0.2, 0.25) is 0 Å². The first-order chi connectivity index (χ1) is 5.29. The molecule has 5 atom stereocenters. The Kier molecular flexibility index (Phi) is 0.961. The predicted molar refractivity (Wildman–Crippen MR) is 42.0 cm³/mol. The third-order valence-electron chi connectivity index (χ3n) is 4.20. The van der Waals surface area contributed by atoms with Crippen molar-refractivity contribution < 1.29 is 4.79 Å². The van der Waals surface area contributed by atoms with Crippen LogP contribution in [0.15, 0.2) is 0 Å². The summed E-state index contributed by atoms with van der Waals surface area (Å²) >= 11 is 0. The molecule has 0 aliphatic heterocycles. The fourth-order valence-corrected chi connectivity index (χ4v) is 3.87. The van der Waals surface area contributed by atoms with Crippen LogP contribution in [0.1, 0.15) is 26.2 Å². The number of rotatable bonds is 1. The average Bonchev–Trinajstić information content (AvgIpc) is 2.44. The van der Waals surface area contributed by atoms with E-state index in [1.807, 2.05) is 0 Å². The molecule has 0 radical (unpaired) electrons. The van der Waals surface area contributed by atoms with E-state index < -0.39 is 0 Å². The van der Waals surface area contributed by atoms with Gasteiger partial charge < -0.3 is 0 Å². The first-order valence-corrected chi connectivity index (χ1v) is 4.79. The van der Waals surface area contributed by atoms with E-state index in [-0.39, 0.29) is 0 Å². The van der Waals surface area contributed by atoms with Crippen molar-refractivity contribution in [2.24, 2.45) is 29.6 Å². The van der Waals surface area contributed by atoms with Gasteiger partial charge in [-0.3, -0.25) is 4.79 Å². The van der Waals surface area contributed by atoms with Crippen molar-refractivity contribution in [3.05, 3.63) is 0 Å². The van der Waals surface area contributed by atoms with Crippen molar-refractivity contribution in [1.29, 1.82) is 0 Å². The molecule has 0 aromatic carbocycles. The molecular weight excluding hydrogens is 136 g/mol. The zero-order valence-electron chi connectivity index (χ0n) is 6.92. The van der Waals surface area contributed by atoms with E-state index in [1.165, 1.54) is 19.3 Å². The molecule has 3 aliphatic carbocycles. The van der Waals surface area contributed by atoms with E-state index in [2.05, 4.69) is 0 Å². The van der Waals surface area contributed by atoms with Gasteiger partial charge in [-0.2, -0.15) is 0 Å². The highest BCUT2D eigenvalue weighted by Gasteiger charge is 2.66. The fraction of sp³-hybridized carbons (Fsp3) is 0.900. The van der Waals surface area contributed by atoms with E-state index in [9.17, 15) is 4.79 Å². The first-order valence-electron chi connectivity index (χ1n) is 4.79. The summed E-state index contributed by atoms with van der Waals surface area (Å²) in [5.74, 6) is 4.60. The summed E-state index contributed by atoms with van der Waals surface area (Å²) in [5, 5.41) is 0. The molecule has 1 heteroatoms. The Hall–Kier alpha value is -0.330. The maximum Gasteiger partial charge on any atom is 0.133 e. The summed E-state index contributed by atoms with van der Waals surface area (Å²) in [5.41, 5.74) is 0. The minimum Gasteiger partial charge on any atom is -0.300 e. The summed E-state index contributed by atoms with van der Waals surface area (Å²) in [6.07, 6.45) is 4.31. The van der Waals surface area contributed by atoms with Crippen LogP contribution in [-0.4, -0.2) is 5.78 Å². The van der Waals surface area contributed by atoms with E-state index >= 15 is 0 Å². The van der Waals surface area contributed by atoms with E-state index in [1.54, 1.807) is 6.92 Å². The highest BCUT2D eigenvalue weighted by Crippen LogP contribution is 2.69. The van der Waals surface area contributed by atoms with Gasteiger partial charge in [0.25, 0.3) is 0 Å². The number of carbonyl (C=O) groups is 1. The lowest BCUT2D eigenvalue weighted by molar-refractivity contribution is -0.119. The first kappa shape index (κ1) is 6.22. The summed E-state index contributed by atoms with van der Waals surface area (Å²) in [7, 11) is 0. The Labute approximate surface area is 67.2 Å². The lowest BCUT2D eigenvalue weighted by atomic mass is 10.0. The molecule has 0 heterocycles. The quantitative estimate of drug-likeness (QED) is 0.557. The topological polar surface area (TPSA) is 17.1 Å². The van der Waals surface area contributed by atoms with Crippen molar-refractivity contribution in [2.45, 2.75) is 26.2 Å². The van der Waals surface area contributed by atoms with Gasteiger partial charge in [-0.15, -0.1) is 0 Å². The summed E-state index contributed by atoms with van der Waals surface area (Å²) < 4.78 is 0. The third-order valence-corrected chi connectivity index (χ3v) is 4.20. The van der Waals surface area contributed by atoms with Gasteiger partial charge in [0.1, 0.15) is 5.78 Å².